The Labute approximate surface area is 131 Å². The quantitative estimate of drug-likeness (QED) is 0.683. The van der Waals surface area contributed by atoms with Crippen LogP contribution in [-0.2, 0) is 12.8 Å². The molecule has 1 aromatic carbocycles. The van der Waals surface area contributed by atoms with Gasteiger partial charge >= 0.3 is 0 Å². The van der Waals surface area contributed by atoms with E-state index in [1.165, 1.54) is 21.4 Å². The molecular formula is C17H14N2O2S. The normalized spacial score (nSPS) is 14.0. The monoisotopic (exact) mass is 310 g/mol. The number of rotatable bonds is 2. The topological polar surface area (TPSA) is 52.0 Å². The molecule has 2 heterocycles. The number of hydrogen-bond donors (Lipinski definition) is 0. The van der Waals surface area contributed by atoms with Crippen LogP contribution in [0.15, 0.2) is 35.4 Å². The highest BCUT2D eigenvalue weighted by Gasteiger charge is 2.20. The van der Waals surface area contributed by atoms with Gasteiger partial charge in [0.15, 0.2) is 0 Å². The summed E-state index contributed by atoms with van der Waals surface area (Å²) in [5.41, 5.74) is 2.38. The van der Waals surface area contributed by atoms with Gasteiger partial charge in [0.2, 0.25) is 0 Å². The van der Waals surface area contributed by atoms with Gasteiger partial charge in [0.1, 0.15) is 17.4 Å². The molecule has 4 nitrogen and oxygen atoms in total. The molecule has 2 aromatic heterocycles. The van der Waals surface area contributed by atoms with Crippen molar-refractivity contribution in [2.75, 3.05) is 0 Å². The van der Waals surface area contributed by atoms with Gasteiger partial charge in [-0.1, -0.05) is 12.1 Å². The molecule has 0 bridgehead atoms. The van der Waals surface area contributed by atoms with Crippen molar-refractivity contribution in [1.82, 2.24) is 9.55 Å². The van der Waals surface area contributed by atoms with Crippen LogP contribution in [0.1, 0.15) is 33.6 Å². The number of fused-ring (bicyclic) bond motifs is 3. The van der Waals surface area contributed by atoms with E-state index in [1.807, 2.05) is 6.07 Å². The first-order valence-corrected chi connectivity index (χ1v) is 8.17. The Hall–Kier alpha value is -2.27. The van der Waals surface area contributed by atoms with Gasteiger partial charge in [-0.05, 0) is 43.4 Å². The maximum absolute atomic E-state index is 12.9. The van der Waals surface area contributed by atoms with E-state index in [0.29, 0.717) is 11.3 Å². The van der Waals surface area contributed by atoms with Crippen molar-refractivity contribution in [3.8, 4) is 5.69 Å². The van der Waals surface area contributed by atoms with Gasteiger partial charge in [-0.25, -0.2) is 4.98 Å². The zero-order valence-electron chi connectivity index (χ0n) is 11.9. The lowest BCUT2D eigenvalue weighted by Crippen LogP contribution is -2.19. The zero-order chi connectivity index (χ0) is 15.1. The fourth-order valence-corrected chi connectivity index (χ4v) is 4.30. The molecule has 0 N–H and O–H groups in total. The van der Waals surface area contributed by atoms with Gasteiger partial charge in [0.25, 0.3) is 5.56 Å². The maximum atomic E-state index is 12.9. The third-order valence-electron chi connectivity index (χ3n) is 4.16. The zero-order valence-corrected chi connectivity index (χ0v) is 12.7. The number of carbonyl (C=O) groups is 1. The lowest BCUT2D eigenvalue weighted by Gasteiger charge is -2.10. The first-order chi connectivity index (χ1) is 10.8. The van der Waals surface area contributed by atoms with Gasteiger partial charge in [-0.3, -0.25) is 14.2 Å². The van der Waals surface area contributed by atoms with Crippen molar-refractivity contribution in [2.24, 2.45) is 0 Å². The number of nitrogens with zero attached hydrogens (tertiary/aromatic N) is 2. The van der Waals surface area contributed by atoms with E-state index in [-0.39, 0.29) is 5.56 Å². The van der Waals surface area contributed by atoms with Crippen molar-refractivity contribution in [2.45, 2.75) is 25.7 Å². The number of aromatic nitrogens is 2. The summed E-state index contributed by atoms with van der Waals surface area (Å²) < 4.78 is 1.54. The second kappa shape index (κ2) is 5.18. The molecule has 0 saturated carbocycles. The van der Waals surface area contributed by atoms with E-state index in [9.17, 15) is 9.59 Å². The summed E-state index contributed by atoms with van der Waals surface area (Å²) >= 11 is 1.64. The van der Waals surface area contributed by atoms with Crippen LogP contribution in [0.25, 0.3) is 15.9 Å². The lowest BCUT2D eigenvalue weighted by atomic mass is 9.97. The van der Waals surface area contributed by atoms with Gasteiger partial charge in [0.05, 0.1) is 11.1 Å². The van der Waals surface area contributed by atoms with E-state index in [2.05, 4.69) is 4.98 Å². The highest BCUT2D eigenvalue weighted by atomic mass is 32.1. The Kier molecular flexibility index (Phi) is 3.15. The molecule has 5 heteroatoms. The lowest BCUT2D eigenvalue weighted by molar-refractivity contribution is 0.112. The minimum absolute atomic E-state index is 0.0348. The number of carbonyl (C=O) groups excluding carboxylic acids is 1. The Morgan fingerprint density at radius 2 is 2.09 bits per heavy atom. The first-order valence-electron chi connectivity index (χ1n) is 7.35. The van der Waals surface area contributed by atoms with E-state index in [0.717, 1.165) is 35.8 Å². The molecule has 0 spiro atoms. The van der Waals surface area contributed by atoms with Crippen molar-refractivity contribution in [3.63, 3.8) is 0 Å². The van der Waals surface area contributed by atoms with Crippen LogP contribution in [0.5, 0.6) is 0 Å². The molecule has 0 unspecified atom stereocenters. The van der Waals surface area contributed by atoms with Gasteiger partial charge in [-0.2, -0.15) is 0 Å². The first kappa shape index (κ1) is 13.4. The Bertz CT molecular complexity index is 939. The molecule has 0 aliphatic heterocycles. The summed E-state index contributed by atoms with van der Waals surface area (Å²) in [7, 11) is 0. The van der Waals surface area contributed by atoms with Crippen molar-refractivity contribution in [3.05, 3.63) is 57.0 Å². The standard InChI is InChI=1S/C17H14N2O2S/c20-9-11-4-3-5-12(8-11)19-10-18-16-15(17(19)21)13-6-1-2-7-14(13)22-16/h3-5,8-10H,1-2,6-7H2. The van der Waals surface area contributed by atoms with Gasteiger partial charge in [-0.15, -0.1) is 11.3 Å². The highest BCUT2D eigenvalue weighted by Crippen LogP contribution is 2.33. The molecule has 0 radical (unpaired) electrons. The van der Waals surface area contributed by atoms with Crippen molar-refractivity contribution < 1.29 is 4.79 Å². The minimum atomic E-state index is -0.0348. The van der Waals surface area contributed by atoms with Gasteiger partial charge in [0, 0.05) is 10.4 Å². The third kappa shape index (κ3) is 2.01. The Morgan fingerprint density at radius 3 is 2.95 bits per heavy atom. The number of aldehydes is 1. The van der Waals surface area contributed by atoms with Crippen LogP contribution in [0, 0.1) is 0 Å². The fraction of sp³-hybridized carbons (Fsp3) is 0.235. The number of aryl methyl sites for hydroxylation is 2. The van der Waals surface area contributed by atoms with E-state index >= 15 is 0 Å². The molecule has 0 amide bonds. The average molecular weight is 310 g/mol. The SMILES string of the molecule is O=Cc1cccc(-n2cnc3sc4c(c3c2=O)CCCC4)c1. The summed E-state index contributed by atoms with van der Waals surface area (Å²) in [4.78, 5) is 30.5. The second-order valence-electron chi connectivity index (χ2n) is 5.52. The smallest absolute Gasteiger partial charge is 0.266 e. The molecule has 4 rings (SSSR count). The largest absolute Gasteiger partial charge is 0.298 e. The molecule has 3 aromatic rings. The second-order valence-corrected chi connectivity index (χ2v) is 6.61. The molecule has 22 heavy (non-hydrogen) atoms. The molecule has 0 saturated heterocycles. The molecule has 1 aliphatic carbocycles. The summed E-state index contributed by atoms with van der Waals surface area (Å²) in [6, 6.07) is 7.03. The summed E-state index contributed by atoms with van der Waals surface area (Å²) in [6.45, 7) is 0. The molecule has 0 atom stereocenters. The van der Waals surface area contributed by atoms with Crippen LogP contribution in [0.4, 0.5) is 0 Å². The maximum Gasteiger partial charge on any atom is 0.266 e. The third-order valence-corrected chi connectivity index (χ3v) is 5.36. The van der Waals surface area contributed by atoms with Crippen LogP contribution >= 0.6 is 11.3 Å². The minimum Gasteiger partial charge on any atom is -0.298 e. The van der Waals surface area contributed by atoms with E-state index in [4.69, 9.17) is 0 Å². The predicted molar refractivity (Wildman–Crippen MR) is 87.2 cm³/mol. The number of benzene rings is 1. The summed E-state index contributed by atoms with van der Waals surface area (Å²) in [6.07, 6.45) is 6.69. The van der Waals surface area contributed by atoms with Crippen LogP contribution < -0.4 is 5.56 Å². The molecule has 1 aliphatic rings. The van der Waals surface area contributed by atoms with Crippen LogP contribution in [0.2, 0.25) is 0 Å². The van der Waals surface area contributed by atoms with Gasteiger partial charge < -0.3 is 0 Å². The van der Waals surface area contributed by atoms with Crippen LogP contribution in [-0.4, -0.2) is 15.8 Å². The summed E-state index contributed by atoms with van der Waals surface area (Å²) in [5.74, 6) is 0. The van der Waals surface area contributed by atoms with Crippen molar-refractivity contribution in [1.29, 1.82) is 0 Å². The highest BCUT2D eigenvalue weighted by molar-refractivity contribution is 7.18. The van der Waals surface area contributed by atoms with Crippen LogP contribution in [0.3, 0.4) is 0 Å². The Balaban J connectivity index is 1.97. The van der Waals surface area contributed by atoms with E-state index < -0.39 is 0 Å². The number of thiophene rings is 1. The van der Waals surface area contributed by atoms with Crippen molar-refractivity contribution >= 4 is 27.8 Å². The van der Waals surface area contributed by atoms with E-state index in [1.54, 1.807) is 35.9 Å². The molecule has 0 fully saturated rings. The predicted octanol–water partition coefficient (Wildman–Crippen LogP) is 3.14. The Morgan fingerprint density at radius 1 is 1.23 bits per heavy atom. The molecular weight excluding hydrogens is 296 g/mol. The summed E-state index contributed by atoms with van der Waals surface area (Å²) in [5, 5.41) is 0.763. The fourth-order valence-electron chi connectivity index (χ4n) is 3.08. The average Bonchev–Trinajstić information content (AvgIpc) is 2.94. The number of hydrogen-bond acceptors (Lipinski definition) is 4. The molecule has 110 valence electrons.